The lowest BCUT2D eigenvalue weighted by Crippen LogP contribution is -2.36. The fourth-order valence-corrected chi connectivity index (χ4v) is 3.84. The van der Waals surface area contributed by atoms with Crippen molar-refractivity contribution in [3.05, 3.63) is 78.1 Å². The van der Waals surface area contributed by atoms with Gasteiger partial charge < -0.3 is 19.4 Å². The number of ether oxygens (including phenoxy) is 1. The topological polar surface area (TPSA) is 67.6 Å². The van der Waals surface area contributed by atoms with E-state index in [1.54, 1.807) is 6.07 Å². The zero-order chi connectivity index (χ0) is 21.2. The molecule has 0 atom stereocenters. The first-order valence-electron chi connectivity index (χ1n) is 10.4. The third kappa shape index (κ3) is 4.02. The molecular formula is C25H23N3O3. The number of amides is 1. The van der Waals surface area contributed by atoms with Gasteiger partial charge in [0, 0.05) is 29.9 Å². The van der Waals surface area contributed by atoms with Crippen molar-refractivity contribution in [1.29, 1.82) is 0 Å². The molecule has 5 rings (SSSR count). The monoisotopic (exact) mass is 413 g/mol. The van der Waals surface area contributed by atoms with E-state index in [-0.39, 0.29) is 5.91 Å². The number of benzene rings is 2. The van der Waals surface area contributed by atoms with Crippen molar-refractivity contribution in [3.63, 3.8) is 0 Å². The van der Waals surface area contributed by atoms with Gasteiger partial charge in [-0.15, -0.1) is 0 Å². The van der Waals surface area contributed by atoms with Gasteiger partial charge >= 0.3 is 0 Å². The molecule has 0 radical (unpaired) electrons. The van der Waals surface area contributed by atoms with E-state index < -0.39 is 0 Å². The molecule has 1 N–H and O–H groups in total. The van der Waals surface area contributed by atoms with Gasteiger partial charge in [0.1, 0.15) is 11.5 Å². The summed E-state index contributed by atoms with van der Waals surface area (Å²) >= 11 is 0. The van der Waals surface area contributed by atoms with Gasteiger partial charge in [-0.2, -0.15) is 0 Å². The number of aryl methyl sites for hydroxylation is 1. The number of morpholine rings is 1. The first-order valence-corrected chi connectivity index (χ1v) is 10.4. The third-order valence-corrected chi connectivity index (χ3v) is 5.46. The predicted molar refractivity (Wildman–Crippen MR) is 122 cm³/mol. The van der Waals surface area contributed by atoms with Crippen LogP contribution >= 0.6 is 0 Å². The molecule has 156 valence electrons. The van der Waals surface area contributed by atoms with Crippen LogP contribution in [0.5, 0.6) is 0 Å². The Balaban J connectivity index is 1.44. The van der Waals surface area contributed by atoms with Gasteiger partial charge in [-0.3, -0.25) is 4.79 Å². The van der Waals surface area contributed by atoms with Crippen LogP contribution in [0.1, 0.15) is 16.1 Å². The number of nitrogens with zero attached hydrogens (tertiary/aromatic N) is 2. The van der Waals surface area contributed by atoms with Crippen molar-refractivity contribution in [1.82, 2.24) is 4.98 Å². The van der Waals surface area contributed by atoms with Crippen molar-refractivity contribution < 1.29 is 13.9 Å². The Morgan fingerprint density at radius 2 is 1.77 bits per heavy atom. The third-order valence-electron chi connectivity index (χ3n) is 5.46. The quantitative estimate of drug-likeness (QED) is 0.516. The van der Waals surface area contributed by atoms with Crippen LogP contribution in [-0.4, -0.2) is 37.2 Å². The molecule has 1 aliphatic rings. The van der Waals surface area contributed by atoms with E-state index in [0.29, 0.717) is 17.0 Å². The van der Waals surface area contributed by atoms with E-state index in [9.17, 15) is 4.79 Å². The molecule has 4 aromatic rings. The predicted octanol–water partition coefficient (Wildman–Crippen LogP) is 4.89. The van der Waals surface area contributed by atoms with Crippen LogP contribution in [0.15, 0.2) is 71.1 Å². The minimum absolute atomic E-state index is 0.178. The van der Waals surface area contributed by atoms with Gasteiger partial charge in [0.2, 0.25) is 0 Å². The average Bonchev–Trinajstić information content (AvgIpc) is 3.25. The van der Waals surface area contributed by atoms with Crippen molar-refractivity contribution >= 4 is 28.2 Å². The normalized spacial score (nSPS) is 14.0. The summed E-state index contributed by atoms with van der Waals surface area (Å²) in [5.74, 6) is 1.27. The highest BCUT2D eigenvalue weighted by Crippen LogP contribution is 2.27. The number of hydrogen-bond donors (Lipinski definition) is 1. The van der Waals surface area contributed by atoms with E-state index in [1.807, 2.05) is 67.6 Å². The highest BCUT2D eigenvalue weighted by molar-refractivity contribution is 6.13. The van der Waals surface area contributed by atoms with Crippen molar-refractivity contribution in [3.8, 4) is 11.5 Å². The molecule has 0 unspecified atom stereocenters. The maximum absolute atomic E-state index is 13.2. The first-order chi connectivity index (χ1) is 15.2. The number of anilines is 2. The largest absolute Gasteiger partial charge is 0.460 e. The molecular weight excluding hydrogens is 390 g/mol. The van der Waals surface area contributed by atoms with Crippen LogP contribution < -0.4 is 10.2 Å². The first kappa shape index (κ1) is 19.3. The SMILES string of the molecule is Cc1ccc(-c2cc(C(=O)Nc3ccc(N4CCOCC4)cc3)c3ccccc3n2)o1. The van der Waals surface area contributed by atoms with Gasteiger partial charge in [0.15, 0.2) is 5.76 Å². The number of rotatable bonds is 4. The zero-order valence-electron chi connectivity index (χ0n) is 17.3. The van der Waals surface area contributed by atoms with E-state index >= 15 is 0 Å². The summed E-state index contributed by atoms with van der Waals surface area (Å²) in [6, 6.07) is 21.1. The van der Waals surface area contributed by atoms with Gasteiger partial charge in [-0.25, -0.2) is 4.98 Å². The lowest BCUT2D eigenvalue weighted by molar-refractivity contribution is 0.102. The number of nitrogens with one attached hydrogen (secondary N) is 1. The highest BCUT2D eigenvalue weighted by atomic mass is 16.5. The molecule has 3 heterocycles. The van der Waals surface area contributed by atoms with E-state index in [2.05, 4.69) is 15.2 Å². The Bertz CT molecular complexity index is 1220. The Hall–Kier alpha value is -3.64. The van der Waals surface area contributed by atoms with Crippen LogP contribution in [0.3, 0.4) is 0 Å². The summed E-state index contributed by atoms with van der Waals surface area (Å²) < 4.78 is 11.1. The Labute approximate surface area is 180 Å². The molecule has 0 saturated carbocycles. The molecule has 0 aliphatic carbocycles. The van der Waals surface area contributed by atoms with E-state index in [4.69, 9.17) is 9.15 Å². The van der Waals surface area contributed by atoms with Crippen molar-refractivity contribution in [2.45, 2.75) is 6.92 Å². The van der Waals surface area contributed by atoms with Gasteiger partial charge in [-0.05, 0) is 55.5 Å². The Morgan fingerprint density at radius 3 is 2.52 bits per heavy atom. The molecule has 1 saturated heterocycles. The maximum Gasteiger partial charge on any atom is 0.256 e. The maximum atomic E-state index is 13.2. The van der Waals surface area contributed by atoms with Crippen LogP contribution in [0.2, 0.25) is 0 Å². The molecule has 2 aromatic carbocycles. The minimum atomic E-state index is -0.178. The van der Waals surface area contributed by atoms with Crippen molar-refractivity contribution in [2.24, 2.45) is 0 Å². The smallest absolute Gasteiger partial charge is 0.256 e. The standard InChI is InChI=1S/C25H23N3O3/c1-17-6-11-24(31-17)23-16-21(20-4-2-3-5-22(20)27-23)25(29)26-18-7-9-19(10-8-18)28-12-14-30-15-13-28/h2-11,16H,12-15H2,1H3,(H,26,29). The van der Waals surface area contributed by atoms with Gasteiger partial charge in [0.05, 0.1) is 24.3 Å². The number of hydrogen-bond acceptors (Lipinski definition) is 5. The minimum Gasteiger partial charge on any atom is -0.460 e. The lowest BCUT2D eigenvalue weighted by Gasteiger charge is -2.28. The fraction of sp³-hybridized carbons (Fsp3) is 0.200. The molecule has 2 aromatic heterocycles. The second-order valence-electron chi connectivity index (χ2n) is 7.58. The van der Waals surface area contributed by atoms with Crippen LogP contribution in [-0.2, 0) is 4.74 Å². The van der Waals surface area contributed by atoms with Crippen LogP contribution in [0, 0.1) is 6.92 Å². The lowest BCUT2D eigenvalue weighted by atomic mass is 10.1. The number of pyridine rings is 1. The summed E-state index contributed by atoms with van der Waals surface area (Å²) in [4.78, 5) is 20.2. The molecule has 1 fully saturated rings. The molecule has 0 bridgehead atoms. The van der Waals surface area contributed by atoms with E-state index in [1.165, 1.54) is 0 Å². The van der Waals surface area contributed by atoms with E-state index in [0.717, 1.165) is 54.3 Å². The van der Waals surface area contributed by atoms with Gasteiger partial charge in [-0.1, -0.05) is 18.2 Å². The summed E-state index contributed by atoms with van der Waals surface area (Å²) in [5.41, 5.74) is 3.83. The summed E-state index contributed by atoms with van der Waals surface area (Å²) in [6.07, 6.45) is 0. The molecule has 6 heteroatoms. The number of carbonyl (C=O) groups is 1. The molecule has 31 heavy (non-hydrogen) atoms. The summed E-state index contributed by atoms with van der Waals surface area (Å²) in [7, 11) is 0. The molecule has 1 amide bonds. The molecule has 0 spiro atoms. The average molecular weight is 413 g/mol. The van der Waals surface area contributed by atoms with Gasteiger partial charge in [0.25, 0.3) is 5.91 Å². The second-order valence-corrected chi connectivity index (χ2v) is 7.58. The highest BCUT2D eigenvalue weighted by Gasteiger charge is 2.16. The van der Waals surface area contributed by atoms with Crippen LogP contribution in [0.25, 0.3) is 22.4 Å². The fourth-order valence-electron chi connectivity index (χ4n) is 3.84. The molecule has 6 nitrogen and oxygen atoms in total. The molecule has 1 aliphatic heterocycles. The van der Waals surface area contributed by atoms with Crippen molar-refractivity contribution in [2.75, 3.05) is 36.5 Å². The number of aromatic nitrogens is 1. The number of furan rings is 1. The number of para-hydroxylation sites is 1. The Kier molecular flexibility index (Phi) is 5.14. The summed E-state index contributed by atoms with van der Waals surface area (Å²) in [6.45, 7) is 5.13. The van der Waals surface area contributed by atoms with Crippen LogP contribution in [0.4, 0.5) is 11.4 Å². The number of carbonyl (C=O) groups excluding carboxylic acids is 1. The second kappa shape index (κ2) is 8.24. The summed E-state index contributed by atoms with van der Waals surface area (Å²) in [5, 5.41) is 3.83. The zero-order valence-corrected chi connectivity index (χ0v) is 17.3. The Morgan fingerprint density at radius 1 is 1.00 bits per heavy atom. The number of fused-ring (bicyclic) bond motifs is 1.